The highest BCUT2D eigenvalue weighted by Crippen LogP contribution is 2.54. The van der Waals surface area contributed by atoms with Crippen LogP contribution in [-0.4, -0.2) is 87.1 Å². The Kier molecular flexibility index (Phi) is 7.10. The van der Waals surface area contributed by atoms with Crippen LogP contribution in [-0.2, 0) is 25.7 Å². The van der Waals surface area contributed by atoms with Crippen LogP contribution in [0.3, 0.4) is 0 Å². The van der Waals surface area contributed by atoms with Crippen molar-refractivity contribution in [3.8, 4) is 0 Å². The van der Waals surface area contributed by atoms with Gasteiger partial charge >= 0.3 is 0 Å². The van der Waals surface area contributed by atoms with Crippen molar-refractivity contribution in [3.63, 3.8) is 0 Å². The Morgan fingerprint density at radius 2 is 1.77 bits per heavy atom. The van der Waals surface area contributed by atoms with E-state index < -0.39 is 35.6 Å². The Bertz CT molecular complexity index is 1160. The second kappa shape index (κ2) is 10.5. The Morgan fingerprint density at radius 3 is 2.49 bits per heavy atom. The summed E-state index contributed by atoms with van der Waals surface area (Å²) in [6.07, 6.45) is 12.9. The topological polar surface area (TPSA) is 90.4 Å². The summed E-state index contributed by atoms with van der Waals surface area (Å²) in [5.74, 6) is -2.07. The summed E-state index contributed by atoms with van der Waals surface area (Å²) < 4.78 is 6.74. The van der Waals surface area contributed by atoms with E-state index in [2.05, 4.69) is 0 Å². The molecular formula is C31H39N3O5. The van der Waals surface area contributed by atoms with Gasteiger partial charge in [0.2, 0.25) is 17.7 Å². The number of carbonyl (C=O) groups is 3. The fraction of sp³-hybridized carbons (Fsp3) is 0.581. The molecule has 8 heteroatoms. The van der Waals surface area contributed by atoms with E-state index in [0.29, 0.717) is 26.1 Å². The molecule has 4 heterocycles. The van der Waals surface area contributed by atoms with Crippen LogP contribution < -0.4 is 0 Å². The van der Waals surface area contributed by atoms with Gasteiger partial charge in [-0.05, 0) is 24.8 Å². The van der Waals surface area contributed by atoms with Gasteiger partial charge in [-0.3, -0.25) is 14.4 Å². The Labute approximate surface area is 230 Å². The number of likely N-dealkylation sites (tertiary alicyclic amines) is 1. The van der Waals surface area contributed by atoms with Crippen molar-refractivity contribution in [2.24, 2.45) is 11.8 Å². The van der Waals surface area contributed by atoms with E-state index in [-0.39, 0.29) is 30.4 Å². The molecule has 0 aromatic heterocycles. The molecule has 1 aromatic rings. The monoisotopic (exact) mass is 533 g/mol. The molecule has 1 aromatic carbocycles. The summed E-state index contributed by atoms with van der Waals surface area (Å²) >= 11 is 0. The predicted octanol–water partition coefficient (Wildman–Crippen LogP) is 2.67. The second-order valence-electron chi connectivity index (χ2n) is 11.6. The van der Waals surface area contributed by atoms with Crippen LogP contribution in [0.1, 0.15) is 51.0 Å². The smallest absolute Gasteiger partial charge is 0.249 e. The molecule has 39 heavy (non-hydrogen) atoms. The number of hydrogen-bond donors (Lipinski definition) is 1. The third-order valence-electron chi connectivity index (χ3n) is 9.52. The van der Waals surface area contributed by atoms with Crippen LogP contribution in [0.2, 0.25) is 0 Å². The molecule has 4 aliphatic heterocycles. The summed E-state index contributed by atoms with van der Waals surface area (Å²) in [5.41, 5.74) is -0.229. The molecule has 6 rings (SSSR count). The standard InChI is InChI=1S/C31H39N3O5/c1-2-22(20-35)34-27-30(38)33(23-13-7-4-8-14-23)18-10-16-31(27)26(29(34)37)25-24(39-31)15-9-17-32(28(25)36)19-21-11-5-3-6-12-21/h3,5-6,9-12,15-16,22-27,35H,2,4,7-8,13-14,17-20H2,1H3/t22-,24+,25-,26-,27?,31-/m0/s1. The average Bonchev–Trinajstić information content (AvgIpc) is 3.28. The second-order valence-corrected chi connectivity index (χ2v) is 11.6. The number of nitrogens with zero attached hydrogens (tertiary/aromatic N) is 3. The lowest BCUT2D eigenvalue weighted by molar-refractivity contribution is -0.153. The van der Waals surface area contributed by atoms with Gasteiger partial charge in [0.25, 0.3) is 0 Å². The van der Waals surface area contributed by atoms with Crippen LogP contribution in [0.5, 0.6) is 0 Å². The molecule has 3 fully saturated rings. The fourth-order valence-electron chi connectivity index (χ4n) is 7.62. The van der Waals surface area contributed by atoms with Crippen molar-refractivity contribution < 1.29 is 24.2 Å². The zero-order valence-electron chi connectivity index (χ0n) is 22.7. The van der Waals surface area contributed by atoms with Gasteiger partial charge in [0.15, 0.2) is 0 Å². The lowest BCUT2D eigenvalue weighted by atomic mass is 9.77. The highest BCUT2D eigenvalue weighted by molar-refractivity contribution is 6.00. The first-order valence-corrected chi connectivity index (χ1v) is 14.6. The van der Waals surface area contributed by atoms with Crippen molar-refractivity contribution in [3.05, 3.63) is 60.2 Å². The third-order valence-corrected chi connectivity index (χ3v) is 9.52. The molecule has 8 nitrogen and oxygen atoms in total. The van der Waals surface area contributed by atoms with Gasteiger partial charge in [0.05, 0.1) is 30.6 Å². The van der Waals surface area contributed by atoms with Crippen LogP contribution in [0, 0.1) is 11.8 Å². The molecule has 1 unspecified atom stereocenters. The fourth-order valence-corrected chi connectivity index (χ4v) is 7.62. The third kappa shape index (κ3) is 4.23. The number of ether oxygens (including phenoxy) is 1. The maximum atomic E-state index is 14.4. The number of rotatable bonds is 6. The quantitative estimate of drug-likeness (QED) is 0.568. The summed E-state index contributed by atoms with van der Waals surface area (Å²) in [6, 6.07) is 8.54. The molecule has 5 aliphatic rings. The molecule has 2 saturated heterocycles. The van der Waals surface area contributed by atoms with Crippen molar-refractivity contribution >= 4 is 17.7 Å². The SMILES string of the molecule is CC[C@@H](CO)N1C(=O)[C@@H]2[C@H]3C(=O)N(Cc4ccccc4)CC=C[C@H]3O[C@@]23C=CCN(C2CCCCC2)C(=O)C13. The molecule has 1 aliphatic carbocycles. The van der Waals surface area contributed by atoms with Crippen LogP contribution in [0.25, 0.3) is 0 Å². The van der Waals surface area contributed by atoms with Crippen molar-refractivity contribution in [1.29, 1.82) is 0 Å². The van der Waals surface area contributed by atoms with E-state index in [4.69, 9.17) is 4.74 Å². The minimum atomic E-state index is -1.24. The van der Waals surface area contributed by atoms with Gasteiger partial charge in [-0.25, -0.2) is 0 Å². The number of carbonyl (C=O) groups excluding carboxylic acids is 3. The lowest BCUT2D eigenvalue weighted by Crippen LogP contribution is -2.59. The van der Waals surface area contributed by atoms with E-state index in [1.165, 1.54) is 6.42 Å². The van der Waals surface area contributed by atoms with Gasteiger partial charge < -0.3 is 24.5 Å². The molecular weight excluding hydrogens is 494 g/mol. The summed E-state index contributed by atoms with van der Waals surface area (Å²) in [4.78, 5) is 48.2. The van der Waals surface area contributed by atoms with Gasteiger partial charge in [-0.2, -0.15) is 0 Å². The lowest BCUT2D eigenvalue weighted by Gasteiger charge is -2.41. The van der Waals surface area contributed by atoms with Crippen molar-refractivity contribution in [2.45, 2.75) is 81.8 Å². The number of aliphatic hydroxyl groups is 1. The largest absolute Gasteiger partial charge is 0.394 e. The Hall–Kier alpha value is -2.97. The number of fused-ring (bicyclic) bond motifs is 2. The first-order valence-electron chi connectivity index (χ1n) is 14.6. The number of amides is 3. The molecule has 6 atom stereocenters. The first-order chi connectivity index (χ1) is 19.0. The van der Waals surface area contributed by atoms with Gasteiger partial charge in [0, 0.05) is 25.7 Å². The summed E-state index contributed by atoms with van der Waals surface area (Å²) in [5, 5.41) is 10.3. The summed E-state index contributed by atoms with van der Waals surface area (Å²) in [7, 11) is 0. The number of hydrogen-bond acceptors (Lipinski definition) is 5. The zero-order valence-corrected chi connectivity index (χ0v) is 22.7. The maximum absolute atomic E-state index is 14.4. The number of benzene rings is 1. The van der Waals surface area contributed by atoms with Crippen LogP contribution in [0.15, 0.2) is 54.6 Å². The minimum absolute atomic E-state index is 0.122. The normalized spacial score (nSPS) is 33.6. The molecule has 1 saturated carbocycles. The molecule has 208 valence electrons. The van der Waals surface area contributed by atoms with E-state index in [9.17, 15) is 19.5 Å². The maximum Gasteiger partial charge on any atom is 0.249 e. The highest BCUT2D eigenvalue weighted by atomic mass is 16.5. The van der Waals surface area contributed by atoms with E-state index in [1.54, 1.807) is 9.80 Å². The number of aliphatic hydroxyl groups excluding tert-OH is 1. The summed E-state index contributed by atoms with van der Waals surface area (Å²) in [6.45, 7) is 3.01. The van der Waals surface area contributed by atoms with Crippen LogP contribution in [0.4, 0.5) is 0 Å². The van der Waals surface area contributed by atoms with Gasteiger partial charge in [-0.1, -0.05) is 80.8 Å². The first kappa shape index (κ1) is 26.3. The average molecular weight is 534 g/mol. The Morgan fingerprint density at radius 1 is 1.00 bits per heavy atom. The molecule has 1 N–H and O–H groups in total. The minimum Gasteiger partial charge on any atom is -0.394 e. The van der Waals surface area contributed by atoms with Crippen molar-refractivity contribution in [2.75, 3.05) is 19.7 Å². The van der Waals surface area contributed by atoms with Crippen molar-refractivity contribution in [1.82, 2.24) is 14.7 Å². The van der Waals surface area contributed by atoms with Gasteiger partial charge in [-0.15, -0.1) is 0 Å². The Balaban J connectivity index is 1.40. The molecule has 0 bridgehead atoms. The van der Waals surface area contributed by atoms with Crippen LogP contribution >= 0.6 is 0 Å². The molecule has 1 spiro atoms. The molecule has 3 amide bonds. The molecule has 0 radical (unpaired) electrons. The van der Waals surface area contributed by atoms with Gasteiger partial charge in [0.1, 0.15) is 11.6 Å². The zero-order chi connectivity index (χ0) is 27.1. The highest BCUT2D eigenvalue weighted by Gasteiger charge is 2.72. The van der Waals surface area contributed by atoms with E-state index >= 15 is 0 Å². The van der Waals surface area contributed by atoms with E-state index in [0.717, 1.165) is 31.2 Å². The van der Waals surface area contributed by atoms with E-state index in [1.807, 2.05) is 66.5 Å². The predicted molar refractivity (Wildman–Crippen MR) is 145 cm³/mol.